The van der Waals surface area contributed by atoms with Crippen LogP contribution < -0.4 is 4.74 Å². The molecule has 0 aliphatic rings. The predicted octanol–water partition coefficient (Wildman–Crippen LogP) is 4.47. The summed E-state index contributed by atoms with van der Waals surface area (Å²) in [6.45, 7) is 1.94. The predicted molar refractivity (Wildman–Crippen MR) is 94.2 cm³/mol. The SMILES string of the molecule is Cc1csc(-c2ccc(Oc3nc4ccccn4c3[N+](=O)[O-])cc2)n1. The fourth-order valence-corrected chi connectivity index (χ4v) is 3.26. The van der Waals surface area contributed by atoms with E-state index >= 15 is 0 Å². The van der Waals surface area contributed by atoms with Crippen molar-refractivity contribution in [1.82, 2.24) is 14.4 Å². The zero-order valence-corrected chi connectivity index (χ0v) is 13.9. The Kier molecular flexibility index (Phi) is 3.66. The van der Waals surface area contributed by atoms with Crippen LogP contribution in [0, 0.1) is 17.0 Å². The zero-order chi connectivity index (χ0) is 17.4. The third kappa shape index (κ3) is 2.83. The highest BCUT2D eigenvalue weighted by molar-refractivity contribution is 7.13. The highest BCUT2D eigenvalue weighted by Crippen LogP contribution is 2.33. The molecule has 0 radical (unpaired) electrons. The molecule has 0 aliphatic heterocycles. The van der Waals surface area contributed by atoms with Crippen LogP contribution in [0.1, 0.15) is 5.69 Å². The van der Waals surface area contributed by atoms with Gasteiger partial charge in [-0.2, -0.15) is 9.38 Å². The average Bonchev–Trinajstić information content (AvgIpc) is 3.18. The van der Waals surface area contributed by atoms with Crippen LogP contribution >= 0.6 is 11.3 Å². The number of benzene rings is 1. The Bertz CT molecular complexity index is 1070. The fourth-order valence-electron chi connectivity index (χ4n) is 2.46. The van der Waals surface area contributed by atoms with Gasteiger partial charge in [-0.25, -0.2) is 4.98 Å². The third-order valence-corrected chi connectivity index (χ3v) is 4.59. The molecule has 7 nitrogen and oxygen atoms in total. The smallest absolute Gasteiger partial charge is 0.392 e. The molecule has 8 heteroatoms. The number of nitro groups is 1. The minimum Gasteiger partial charge on any atom is -0.433 e. The van der Waals surface area contributed by atoms with Gasteiger partial charge in [0, 0.05) is 22.7 Å². The number of aromatic nitrogens is 3. The second-order valence-electron chi connectivity index (χ2n) is 5.35. The van der Waals surface area contributed by atoms with Gasteiger partial charge in [-0.3, -0.25) is 0 Å². The second-order valence-corrected chi connectivity index (χ2v) is 6.21. The minimum atomic E-state index is -0.498. The number of thiazole rings is 1. The maximum absolute atomic E-state index is 11.4. The summed E-state index contributed by atoms with van der Waals surface area (Å²) in [5.74, 6) is 0.243. The number of nitrogens with zero attached hydrogens (tertiary/aromatic N) is 4. The first kappa shape index (κ1) is 15.3. The lowest BCUT2D eigenvalue weighted by atomic mass is 10.2. The first-order chi connectivity index (χ1) is 12.1. The molecule has 124 valence electrons. The monoisotopic (exact) mass is 352 g/mol. The maximum atomic E-state index is 11.4. The summed E-state index contributed by atoms with van der Waals surface area (Å²) in [4.78, 5) is 19.5. The molecule has 0 atom stereocenters. The van der Waals surface area contributed by atoms with Crippen molar-refractivity contribution >= 4 is 22.8 Å². The van der Waals surface area contributed by atoms with Gasteiger partial charge < -0.3 is 14.9 Å². The van der Waals surface area contributed by atoms with Crippen LogP contribution in [0.2, 0.25) is 0 Å². The van der Waals surface area contributed by atoms with E-state index in [1.165, 1.54) is 4.40 Å². The number of rotatable bonds is 4. The van der Waals surface area contributed by atoms with E-state index in [0.29, 0.717) is 11.4 Å². The van der Waals surface area contributed by atoms with E-state index in [2.05, 4.69) is 9.97 Å². The summed E-state index contributed by atoms with van der Waals surface area (Å²) in [6.07, 6.45) is 1.58. The number of pyridine rings is 1. The molecule has 0 saturated heterocycles. The van der Waals surface area contributed by atoms with Crippen molar-refractivity contribution < 1.29 is 9.66 Å². The number of aryl methyl sites for hydroxylation is 1. The van der Waals surface area contributed by atoms with Crippen LogP contribution in [0.3, 0.4) is 0 Å². The van der Waals surface area contributed by atoms with Crippen LogP contribution in [0.4, 0.5) is 5.82 Å². The molecule has 0 unspecified atom stereocenters. The van der Waals surface area contributed by atoms with E-state index < -0.39 is 4.92 Å². The lowest BCUT2D eigenvalue weighted by molar-refractivity contribution is -0.391. The molecular weight excluding hydrogens is 340 g/mol. The molecule has 0 amide bonds. The van der Waals surface area contributed by atoms with Crippen molar-refractivity contribution in [1.29, 1.82) is 0 Å². The summed E-state index contributed by atoms with van der Waals surface area (Å²) in [6, 6.07) is 12.4. The topological polar surface area (TPSA) is 82.6 Å². The Labute approximate surface area is 146 Å². The van der Waals surface area contributed by atoms with Crippen molar-refractivity contribution in [3.8, 4) is 22.2 Å². The molecule has 0 N–H and O–H groups in total. The average molecular weight is 352 g/mol. The number of hydrogen-bond acceptors (Lipinski definition) is 6. The largest absolute Gasteiger partial charge is 0.433 e. The number of ether oxygens (including phenoxy) is 1. The van der Waals surface area contributed by atoms with Gasteiger partial charge >= 0.3 is 11.7 Å². The van der Waals surface area contributed by atoms with Crippen LogP contribution in [0.25, 0.3) is 16.2 Å². The molecule has 0 saturated carbocycles. The maximum Gasteiger partial charge on any atom is 0.392 e. The zero-order valence-electron chi connectivity index (χ0n) is 13.1. The fraction of sp³-hybridized carbons (Fsp3) is 0.0588. The Morgan fingerprint density at radius 1 is 1.16 bits per heavy atom. The highest BCUT2D eigenvalue weighted by Gasteiger charge is 2.24. The van der Waals surface area contributed by atoms with Crippen molar-refractivity contribution in [2.75, 3.05) is 0 Å². The van der Waals surface area contributed by atoms with Gasteiger partial charge in [-0.1, -0.05) is 6.07 Å². The van der Waals surface area contributed by atoms with Crippen molar-refractivity contribution in [2.45, 2.75) is 6.92 Å². The number of fused-ring (bicyclic) bond motifs is 1. The highest BCUT2D eigenvalue weighted by atomic mass is 32.1. The first-order valence-corrected chi connectivity index (χ1v) is 8.32. The molecule has 4 rings (SSSR count). The van der Waals surface area contributed by atoms with Gasteiger partial charge in [0.2, 0.25) is 5.65 Å². The van der Waals surface area contributed by atoms with E-state index in [0.717, 1.165) is 16.3 Å². The summed E-state index contributed by atoms with van der Waals surface area (Å²) >= 11 is 1.56. The summed E-state index contributed by atoms with van der Waals surface area (Å²) in [7, 11) is 0. The van der Waals surface area contributed by atoms with Crippen LogP contribution in [-0.4, -0.2) is 19.3 Å². The van der Waals surface area contributed by atoms with Gasteiger partial charge in [0.15, 0.2) is 0 Å². The molecule has 1 aromatic carbocycles. The molecule has 3 heterocycles. The summed E-state index contributed by atoms with van der Waals surface area (Å²) in [5.41, 5.74) is 2.40. The standard InChI is InChI=1S/C17H12N4O3S/c1-11-10-25-16(18-11)12-5-7-13(8-6-12)24-15-17(21(22)23)20-9-3-2-4-14(20)19-15/h2-10H,1H3. The molecule has 0 spiro atoms. The summed E-state index contributed by atoms with van der Waals surface area (Å²) in [5, 5.41) is 14.3. The van der Waals surface area contributed by atoms with Crippen LogP contribution in [-0.2, 0) is 0 Å². The van der Waals surface area contributed by atoms with Gasteiger partial charge in [0.1, 0.15) is 10.8 Å². The minimum absolute atomic E-state index is 0.0333. The van der Waals surface area contributed by atoms with Gasteiger partial charge in [0.25, 0.3) is 0 Å². The lowest BCUT2D eigenvalue weighted by Gasteiger charge is -2.03. The van der Waals surface area contributed by atoms with Gasteiger partial charge in [-0.05, 0) is 42.2 Å². The molecule has 0 aliphatic carbocycles. The van der Waals surface area contributed by atoms with Crippen LogP contribution in [0.5, 0.6) is 11.6 Å². The Balaban J connectivity index is 1.67. The van der Waals surface area contributed by atoms with Crippen molar-refractivity contribution in [2.24, 2.45) is 0 Å². The van der Waals surface area contributed by atoms with Crippen molar-refractivity contribution in [3.63, 3.8) is 0 Å². The normalized spacial score (nSPS) is 10.9. The number of imidazole rings is 1. The van der Waals surface area contributed by atoms with Gasteiger partial charge in [0.05, 0.1) is 6.20 Å². The molecule has 0 fully saturated rings. The molecular formula is C17H12N4O3S. The van der Waals surface area contributed by atoms with Gasteiger partial charge in [-0.15, -0.1) is 11.3 Å². The second kappa shape index (κ2) is 5.99. The van der Waals surface area contributed by atoms with Crippen LogP contribution in [0.15, 0.2) is 54.0 Å². The summed E-state index contributed by atoms with van der Waals surface area (Å²) < 4.78 is 7.05. The van der Waals surface area contributed by atoms with E-state index in [-0.39, 0.29) is 11.7 Å². The Hall–Kier alpha value is -3.26. The lowest BCUT2D eigenvalue weighted by Crippen LogP contribution is -1.96. The molecule has 25 heavy (non-hydrogen) atoms. The molecule has 3 aromatic heterocycles. The molecule has 4 aromatic rings. The number of hydrogen-bond donors (Lipinski definition) is 0. The first-order valence-electron chi connectivity index (χ1n) is 7.44. The van der Waals surface area contributed by atoms with E-state index in [1.807, 2.05) is 24.4 Å². The molecule has 0 bridgehead atoms. The van der Waals surface area contributed by atoms with E-state index in [4.69, 9.17) is 4.74 Å². The van der Waals surface area contributed by atoms with E-state index in [9.17, 15) is 10.1 Å². The van der Waals surface area contributed by atoms with E-state index in [1.54, 1.807) is 47.9 Å². The third-order valence-electron chi connectivity index (χ3n) is 3.58. The quantitative estimate of drug-likeness (QED) is 0.400. The van der Waals surface area contributed by atoms with Crippen molar-refractivity contribution in [3.05, 3.63) is 69.8 Å². The Morgan fingerprint density at radius 3 is 2.64 bits per heavy atom. The Morgan fingerprint density at radius 2 is 1.96 bits per heavy atom.